The average molecular weight is 1040 g/mol. The number of esters is 3. The predicted octanol–water partition coefficient (Wildman–Crippen LogP) is 21.9. The summed E-state index contributed by atoms with van der Waals surface area (Å²) in [5, 5.41) is 0. The van der Waals surface area contributed by atoms with Gasteiger partial charge in [0.2, 0.25) is 0 Å². The molecule has 1 unspecified atom stereocenters. The van der Waals surface area contributed by atoms with Crippen molar-refractivity contribution in [3.05, 3.63) is 60.8 Å². The largest absolute Gasteiger partial charge is 0.462 e. The number of carbonyl (C=O) groups excluding carboxylic acids is 3. The van der Waals surface area contributed by atoms with Crippen molar-refractivity contribution in [2.45, 2.75) is 341 Å². The molecule has 0 N–H and O–H groups in total. The molecular formula is C68H122O6. The standard InChI is InChI=1S/C68H122O6/c1-4-7-10-13-16-19-22-25-27-29-31-32-33-34-35-36-38-39-41-43-46-49-52-55-58-61-67(70)73-64-65(63-72-66(69)60-57-54-51-48-45-24-21-18-15-12-9-6-3)74-68(71)62-59-56-53-50-47-44-42-40-37-30-28-26-23-20-17-14-11-8-5-2/h18,21-22,25-26,28-29,31,33-34,65H,4-17,19-20,23-24,27,30,32,35-64H2,1-3H3/b21-18-,25-22-,28-26-,31-29-,34-33-. The number of allylic oxidation sites excluding steroid dienone is 10. The molecule has 0 rings (SSSR count). The third-order valence-electron chi connectivity index (χ3n) is 14.2. The Bertz CT molecular complexity index is 1330. The Morgan fingerprint density at radius 1 is 0.270 bits per heavy atom. The van der Waals surface area contributed by atoms with E-state index in [2.05, 4.69) is 81.5 Å². The summed E-state index contributed by atoms with van der Waals surface area (Å²) in [6.07, 6.45) is 79.4. The van der Waals surface area contributed by atoms with Gasteiger partial charge in [0.05, 0.1) is 0 Å². The van der Waals surface area contributed by atoms with Crippen LogP contribution in [0.4, 0.5) is 0 Å². The second-order valence-corrected chi connectivity index (χ2v) is 21.7. The Hall–Kier alpha value is -2.89. The van der Waals surface area contributed by atoms with E-state index in [0.29, 0.717) is 19.3 Å². The van der Waals surface area contributed by atoms with Crippen LogP contribution in [0.15, 0.2) is 60.8 Å². The molecule has 0 aromatic carbocycles. The SMILES string of the molecule is CCCCC/C=C\CCCCCCCC(=O)OCC(COC(=O)CCCCCCCCCCCC/C=C\C/C=C\C/C=C\CCCCCCC)OC(=O)CCCCCCCCCCC/C=C\CCCCCCCC. The third-order valence-corrected chi connectivity index (χ3v) is 14.2. The van der Waals surface area contributed by atoms with Crippen LogP contribution >= 0.6 is 0 Å². The van der Waals surface area contributed by atoms with Crippen molar-refractivity contribution in [3.63, 3.8) is 0 Å². The van der Waals surface area contributed by atoms with Crippen molar-refractivity contribution in [2.24, 2.45) is 0 Å². The minimum atomic E-state index is -0.780. The first-order chi connectivity index (χ1) is 36.5. The van der Waals surface area contributed by atoms with E-state index in [1.165, 1.54) is 218 Å². The second kappa shape index (κ2) is 62.6. The lowest BCUT2D eigenvalue weighted by Gasteiger charge is -2.18. The van der Waals surface area contributed by atoms with Gasteiger partial charge in [0, 0.05) is 19.3 Å². The number of hydrogen-bond donors (Lipinski definition) is 0. The van der Waals surface area contributed by atoms with E-state index in [9.17, 15) is 14.4 Å². The molecule has 1 atom stereocenters. The maximum Gasteiger partial charge on any atom is 0.306 e. The fourth-order valence-corrected chi connectivity index (χ4v) is 9.32. The van der Waals surface area contributed by atoms with Gasteiger partial charge >= 0.3 is 17.9 Å². The second-order valence-electron chi connectivity index (χ2n) is 21.7. The van der Waals surface area contributed by atoms with Gasteiger partial charge in [0.1, 0.15) is 13.2 Å². The minimum absolute atomic E-state index is 0.0779. The molecule has 0 spiro atoms. The molecule has 0 fully saturated rings. The van der Waals surface area contributed by atoms with Crippen molar-refractivity contribution in [2.75, 3.05) is 13.2 Å². The van der Waals surface area contributed by atoms with Gasteiger partial charge in [0.15, 0.2) is 6.10 Å². The van der Waals surface area contributed by atoms with Crippen molar-refractivity contribution < 1.29 is 28.6 Å². The van der Waals surface area contributed by atoms with Gasteiger partial charge in [0.25, 0.3) is 0 Å². The molecule has 430 valence electrons. The van der Waals surface area contributed by atoms with Crippen LogP contribution in [-0.4, -0.2) is 37.2 Å². The molecular weight excluding hydrogens is 913 g/mol. The predicted molar refractivity (Wildman–Crippen MR) is 321 cm³/mol. The van der Waals surface area contributed by atoms with Crippen molar-refractivity contribution in [3.8, 4) is 0 Å². The highest BCUT2D eigenvalue weighted by molar-refractivity contribution is 5.71. The molecule has 74 heavy (non-hydrogen) atoms. The Morgan fingerprint density at radius 2 is 0.486 bits per heavy atom. The first-order valence-corrected chi connectivity index (χ1v) is 32.3. The van der Waals surface area contributed by atoms with E-state index in [-0.39, 0.29) is 31.1 Å². The molecule has 0 bridgehead atoms. The summed E-state index contributed by atoms with van der Waals surface area (Å²) in [5.41, 5.74) is 0. The highest BCUT2D eigenvalue weighted by atomic mass is 16.6. The topological polar surface area (TPSA) is 78.9 Å². The van der Waals surface area contributed by atoms with Gasteiger partial charge in [-0.1, -0.05) is 268 Å². The molecule has 0 aliphatic rings. The van der Waals surface area contributed by atoms with Crippen LogP contribution < -0.4 is 0 Å². The van der Waals surface area contributed by atoms with Crippen LogP contribution in [0.25, 0.3) is 0 Å². The van der Waals surface area contributed by atoms with E-state index in [0.717, 1.165) is 77.0 Å². The summed E-state index contributed by atoms with van der Waals surface area (Å²) in [5.74, 6) is -0.877. The fraction of sp³-hybridized carbons (Fsp3) is 0.809. The molecule has 6 heteroatoms. The molecule has 0 saturated carbocycles. The van der Waals surface area contributed by atoms with E-state index in [4.69, 9.17) is 14.2 Å². The van der Waals surface area contributed by atoms with Crippen LogP contribution in [0.1, 0.15) is 335 Å². The molecule has 0 aromatic heterocycles. The summed E-state index contributed by atoms with van der Waals surface area (Å²) < 4.78 is 16.9. The lowest BCUT2D eigenvalue weighted by Crippen LogP contribution is -2.30. The number of carbonyl (C=O) groups is 3. The maximum atomic E-state index is 12.9. The van der Waals surface area contributed by atoms with E-state index < -0.39 is 6.10 Å². The van der Waals surface area contributed by atoms with Crippen LogP contribution in [-0.2, 0) is 28.6 Å². The van der Waals surface area contributed by atoms with Gasteiger partial charge in [-0.25, -0.2) is 0 Å². The average Bonchev–Trinajstić information content (AvgIpc) is 3.40. The van der Waals surface area contributed by atoms with Crippen LogP contribution in [0.2, 0.25) is 0 Å². The highest BCUT2D eigenvalue weighted by Gasteiger charge is 2.19. The number of hydrogen-bond acceptors (Lipinski definition) is 6. The Balaban J connectivity index is 4.28. The van der Waals surface area contributed by atoms with E-state index in [1.54, 1.807) is 0 Å². The zero-order chi connectivity index (χ0) is 53.6. The smallest absolute Gasteiger partial charge is 0.306 e. The van der Waals surface area contributed by atoms with Gasteiger partial charge in [-0.3, -0.25) is 14.4 Å². The number of rotatable bonds is 59. The molecule has 6 nitrogen and oxygen atoms in total. The van der Waals surface area contributed by atoms with Crippen LogP contribution in [0.3, 0.4) is 0 Å². The van der Waals surface area contributed by atoms with E-state index >= 15 is 0 Å². The first kappa shape index (κ1) is 71.1. The van der Waals surface area contributed by atoms with Gasteiger partial charge in [-0.05, 0) is 109 Å². The van der Waals surface area contributed by atoms with Gasteiger partial charge in [-0.2, -0.15) is 0 Å². The maximum absolute atomic E-state index is 12.9. The lowest BCUT2D eigenvalue weighted by atomic mass is 10.0. The number of unbranched alkanes of at least 4 members (excludes halogenated alkanes) is 38. The molecule has 0 aliphatic carbocycles. The van der Waals surface area contributed by atoms with Gasteiger partial charge in [-0.15, -0.1) is 0 Å². The minimum Gasteiger partial charge on any atom is -0.462 e. The molecule has 0 aromatic rings. The summed E-state index contributed by atoms with van der Waals surface area (Å²) in [4.78, 5) is 38.3. The Morgan fingerprint density at radius 3 is 0.797 bits per heavy atom. The Kier molecular flexibility index (Phi) is 60.2. The monoisotopic (exact) mass is 1030 g/mol. The number of ether oxygens (including phenoxy) is 3. The molecule has 0 saturated heterocycles. The van der Waals surface area contributed by atoms with Crippen LogP contribution in [0.5, 0.6) is 0 Å². The van der Waals surface area contributed by atoms with Gasteiger partial charge < -0.3 is 14.2 Å². The fourth-order valence-electron chi connectivity index (χ4n) is 9.32. The normalized spacial score (nSPS) is 12.4. The Labute approximate surface area is 460 Å². The molecule has 0 radical (unpaired) electrons. The van der Waals surface area contributed by atoms with E-state index in [1.807, 2.05) is 0 Å². The first-order valence-electron chi connectivity index (χ1n) is 32.3. The highest BCUT2D eigenvalue weighted by Crippen LogP contribution is 2.16. The van der Waals surface area contributed by atoms with Crippen LogP contribution in [0, 0.1) is 0 Å². The zero-order valence-electron chi connectivity index (χ0n) is 49.4. The summed E-state index contributed by atoms with van der Waals surface area (Å²) in [6.45, 7) is 6.63. The van der Waals surface area contributed by atoms with Crippen molar-refractivity contribution >= 4 is 17.9 Å². The molecule has 0 heterocycles. The quantitative estimate of drug-likeness (QED) is 0.0261. The summed E-state index contributed by atoms with van der Waals surface area (Å²) in [7, 11) is 0. The summed E-state index contributed by atoms with van der Waals surface area (Å²) >= 11 is 0. The van der Waals surface area contributed by atoms with Crippen molar-refractivity contribution in [1.29, 1.82) is 0 Å². The molecule has 0 amide bonds. The summed E-state index contributed by atoms with van der Waals surface area (Å²) in [6, 6.07) is 0. The van der Waals surface area contributed by atoms with Crippen molar-refractivity contribution in [1.82, 2.24) is 0 Å². The third kappa shape index (κ3) is 60.0. The molecule has 0 aliphatic heterocycles. The zero-order valence-corrected chi connectivity index (χ0v) is 49.4. The lowest BCUT2D eigenvalue weighted by molar-refractivity contribution is -0.167.